The van der Waals surface area contributed by atoms with Gasteiger partial charge in [0, 0.05) is 12.8 Å². The zero-order valence-corrected chi connectivity index (χ0v) is 22.3. The number of aliphatic carboxylic acids is 2. The number of aromatic nitrogens is 4. The van der Waals surface area contributed by atoms with E-state index < -0.39 is 55.0 Å². The van der Waals surface area contributed by atoms with Crippen LogP contribution in [0.3, 0.4) is 0 Å². The molecule has 0 amide bonds. The number of halogens is 2. The fourth-order valence-corrected chi connectivity index (χ4v) is 4.88. The number of rotatable bonds is 10. The number of nitrogens with two attached hydrogens (primary N) is 1. The van der Waals surface area contributed by atoms with Crippen LogP contribution in [0.15, 0.2) is 54.9 Å². The van der Waals surface area contributed by atoms with Crippen molar-refractivity contribution in [3.8, 4) is 11.1 Å². The van der Waals surface area contributed by atoms with Crippen molar-refractivity contribution >= 4 is 46.5 Å². The number of aromatic carboxylic acids is 1. The second-order valence-electron chi connectivity index (χ2n) is 9.61. The Morgan fingerprint density at radius 3 is 2.26 bits per heavy atom. The standard InChI is InChI=1S/C27H23ClFN5O8/c28-26-32-20(30)19-21(33-26)34(12-31-19)22-18(29)9-17(42-22)11-41-27(24(37)38,25(39)40)10-13-1-3-14(4-2-13)15-5-7-16(8-6-15)23(35)36/h1-8,12,17-18,22H,9-11H2,(H,35,36)(H,37,38)(H,39,40)(H2,30,32,33)/t17-,18-,22+/m0/s1. The first-order valence-electron chi connectivity index (χ1n) is 12.5. The van der Waals surface area contributed by atoms with Crippen LogP contribution >= 0.6 is 11.6 Å². The SMILES string of the molecule is Nc1nc(Cl)nc2c1ncn2[C@@H]1O[C@H](COC(Cc2ccc(-c3ccc(C(=O)O)cc3)cc2)(C(=O)O)C(=O)O)C[C@@H]1F. The van der Waals surface area contributed by atoms with Crippen LogP contribution in [-0.2, 0) is 25.5 Å². The number of fused-ring (bicyclic) bond motifs is 1. The van der Waals surface area contributed by atoms with Crippen LogP contribution in [-0.4, -0.2) is 77.2 Å². The topological polar surface area (TPSA) is 200 Å². The van der Waals surface area contributed by atoms with Crippen molar-refractivity contribution in [2.45, 2.75) is 36.9 Å². The van der Waals surface area contributed by atoms with Crippen molar-refractivity contribution in [2.24, 2.45) is 0 Å². The van der Waals surface area contributed by atoms with Gasteiger partial charge in [-0.3, -0.25) is 4.57 Å². The van der Waals surface area contributed by atoms with Gasteiger partial charge in [0.1, 0.15) is 11.7 Å². The van der Waals surface area contributed by atoms with Crippen molar-refractivity contribution < 1.29 is 43.6 Å². The van der Waals surface area contributed by atoms with E-state index in [4.69, 9.17) is 31.9 Å². The molecule has 15 heteroatoms. The molecule has 0 radical (unpaired) electrons. The van der Waals surface area contributed by atoms with Gasteiger partial charge in [0.25, 0.3) is 5.60 Å². The first-order valence-corrected chi connectivity index (χ1v) is 12.8. The largest absolute Gasteiger partial charge is 0.479 e. The molecule has 5 N–H and O–H groups in total. The van der Waals surface area contributed by atoms with Crippen LogP contribution in [0.5, 0.6) is 0 Å². The molecule has 1 fully saturated rings. The summed E-state index contributed by atoms with van der Waals surface area (Å²) in [5.41, 5.74) is 5.32. The second-order valence-corrected chi connectivity index (χ2v) is 9.94. The molecule has 42 heavy (non-hydrogen) atoms. The van der Waals surface area contributed by atoms with Gasteiger partial charge in [-0.25, -0.2) is 23.8 Å². The lowest BCUT2D eigenvalue weighted by molar-refractivity contribution is -0.188. The summed E-state index contributed by atoms with van der Waals surface area (Å²) >= 11 is 5.88. The highest BCUT2D eigenvalue weighted by molar-refractivity contribution is 6.28. The molecule has 1 aliphatic heterocycles. The molecule has 0 unspecified atom stereocenters. The average molecular weight is 600 g/mol. The van der Waals surface area contributed by atoms with Crippen LogP contribution in [0.1, 0.15) is 28.6 Å². The van der Waals surface area contributed by atoms with Gasteiger partial charge in [-0.2, -0.15) is 9.97 Å². The number of anilines is 1. The van der Waals surface area contributed by atoms with Gasteiger partial charge in [0.2, 0.25) is 5.28 Å². The fraction of sp³-hybridized carbons (Fsp3) is 0.259. The zero-order chi connectivity index (χ0) is 30.2. The van der Waals surface area contributed by atoms with Gasteiger partial charge < -0.3 is 30.5 Å². The van der Waals surface area contributed by atoms with E-state index in [0.717, 1.165) is 0 Å². The Morgan fingerprint density at radius 1 is 1.05 bits per heavy atom. The third-order valence-corrected chi connectivity index (χ3v) is 7.07. The summed E-state index contributed by atoms with van der Waals surface area (Å²) in [5.74, 6) is -4.54. The Hall–Kier alpha value is -4.66. The van der Waals surface area contributed by atoms with Crippen LogP contribution in [0.4, 0.5) is 10.2 Å². The number of imidazole rings is 1. The van der Waals surface area contributed by atoms with Crippen LogP contribution in [0.2, 0.25) is 5.28 Å². The van der Waals surface area contributed by atoms with Crippen LogP contribution < -0.4 is 5.73 Å². The molecule has 2 aromatic heterocycles. The van der Waals surface area contributed by atoms with Crippen molar-refractivity contribution in [3.63, 3.8) is 0 Å². The minimum atomic E-state index is -2.69. The summed E-state index contributed by atoms with van der Waals surface area (Å²) in [6.07, 6.45) is -3.31. The summed E-state index contributed by atoms with van der Waals surface area (Å²) in [6, 6.07) is 12.5. The van der Waals surface area contributed by atoms with E-state index in [1.54, 1.807) is 36.4 Å². The number of benzene rings is 2. The minimum absolute atomic E-state index is 0.00568. The molecule has 1 aliphatic rings. The zero-order valence-electron chi connectivity index (χ0n) is 21.6. The van der Waals surface area contributed by atoms with Gasteiger partial charge >= 0.3 is 17.9 Å². The number of carboxylic acid groups (broad SMARTS) is 3. The van der Waals surface area contributed by atoms with Gasteiger partial charge in [-0.05, 0) is 40.4 Å². The lowest BCUT2D eigenvalue weighted by Gasteiger charge is -2.27. The second kappa shape index (κ2) is 11.3. The first kappa shape index (κ1) is 28.9. The van der Waals surface area contributed by atoms with Gasteiger partial charge in [0.05, 0.1) is 24.6 Å². The molecule has 3 heterocycles. The number of nitrogen functional groups attached to an aromatic ring is 1. The van der Waals surface area contributed by atoms with Crippen molar-refractivity contribution in [1.29, 1.82) is 0 Å². The Bertz CT molecular complexity index is 1650. The molecule has 218 valence electrons. The lowest BCUT2D eigenvalue weighted by Crippen LogP contribution is -2.52. The monoisotopic (exact) mass is 599 g/mol. The van der Waals surface area contributed by atoms with E-state index in [-0.39, 0.29) is 34.2 Å². The summed E-state index contributed by atoms with van der Waals surface area (Å²) < 4.78 is 27.6. The van der Waals surface area contributed by atoms with Crippen molar-refractivity contribution in [1.82, 2.24) is 19.5 Å². The molecular weight excluding hydrogens is 577 g/mol. The number of carbonyl (C=O) groups is 3. The van der Waals surface area contributed by atoms with Gasteiger partial charge in [-0.15, -0.1) is 0 Å². The Labute approximate surface area is 241 Å². The third kappa shape index (κ3) is 5.46. The van der Waals surface area contributed by atoms with Crippen LogP contribution in [0, 0.1) is 0 Å². The summed E-state index contributed by atoms with van der Waals surface area (Å²) in [7, 11) is 0. The molecule has 0 spiro atoms. The fourth-order valence-electron chi connectivity index (χ4n) is 4.71. The number of alkyl halides is 1. The first-order chi connectivity index (χ1) is 20.0. The predicted molar refractivity (Wildman–Crippen MR) is 145 cm³/mol. The van der Waals surface area contributed by atoms with E-state index in [9.17, 15) is 24.6 Å². The van der Waals surface area contributed by atoms with Crippen LogP contribution in [0.25, 0.3) is 22.3 Å². The molecule has 13 nitrogen and oxygen atoms in total. The molecule has 0 saturated carbocycles. The number of hydrogen-bond acceptors (Lipinski definition) is 9. The van der Waals surface area contributed by atoms with E-state index >= 15 is 4.39 Å². The summed E-state index contributed by atoms with van der Waals surface area (Å²) in [6.45, 7) is -0.534. The molecular formula is C27H23ClFN5O8. The van der Waals surface area contributed by atoms with E-state index in [0.29, 0.717) is 16.7 Å². The molecule has 4 aromatic rings. The lowest BCUT2D eigenvalue weighted by atomic mass is 9.92. The molecule has 1 saturated heterocycles. The number of nitrogens with zero attached hydrogens (tertiary/aromatic N) is 4. The quantitative estimate of drug-likeness (QED) is 0.153. The Balaban J connectivity index is 1.31. The highest BCUT2D eigenvalue weighted by Crippen LogP contribution is 2.35. The maximum Gasteiger partial charge on any atom is 0.348 e. The molecule has 2 aromatic carbocycles. The summed E-state index contributed by atoms with van der Waals surface area (Å²) in [4.78, 5) is 47.5. The maximum atomic E-state index is 15.1. The number of ether oxygens (including phenoxy) is 2. The highest BCUT2D eigenvalue weighted by Gasteiger charge is 2.50. The molecule has 0 bridgehead atoms. The summed E-state index contributed by atoms with van der Waals surface area (Å²) in [5, 5.41) is 28.8. The van der Waals surface area contributed by atoms with Gasteiger partial charge in [0.15, 0.2) is 17.7 Å². The van der Waals surface area contributed by atoms with Crippen molar-refractivity contribution in [2.75, 3.05) is 12.3 Å². The maximum absolute atomic E-state index is 15.1. The third-order valence-electron chi connectivity index (χ3n) is 6.90. The molecule has 5 rings (SSSR count). The smallest absolute Gasteiger partial charge is 0.348 e. The minimum Gasteiger partial charge on any atom is -0.479 e. The Morgan fingerprint density at radius 2 is 1.67 bits per heavy atom. The number of carboxylic acids is 3. The molecule has 0 aliphatic carbocycles. The van der Waals surface area contributed by atoms with Gasteiger partial charge in [-0.1, -0.05) is 36.4 Å². The highest BCUT2D eigenvalue weighted by atomic mass is 35.5. The Kier molecular flexibility index (Phi) is 7.77. The average Bonchev–Trinajstić information content (AvgIpc) is 3.53. The van der Waals surface area contributed by atoms with E-state index in [1.165, 1.54) is 23.0 Å². The van der Waals surface area contributed by atoms with E-state index in [2.05, 4.69) is 15.0 Å². The van der Waals surface area contributed by atoms with E-state index in [1.807, 2.05) is 0 Å². The number of hydrogen-bond donors (Lipinski definition) is 4. The normalized spacial score (nSPS) is 18.8. The molecule has 3 atom stereocenters. The van der Waals surface area contributed by atoms with Crippen molar-refractivity contribution in [3.05, 3.63) is 71.3 Å². The predicted octanol–water partition coefficient (Wildman–Crippen LogP) is 3.22.